The van der Waals surface area contributed by atoms with Crippen molar-refractivity contribution in [2.45, 2.75) is 44.2 Å². The number of rotatable bonds is 8. The average molecular weight is 467 g/mol. The van der Waals surface area contributed by atoms with Crippen LogP contribution in [0, 0.1) is 5.92 Å². The Morgan fingerprint density at radius 3 is 2.38 bits per heavy atom. The molecule has 4 rings (SSSR count). The molecule has 2 amide bonds. The van der Waals surface area contributed by atoms with E-state index in [-0.39, 0.29) is 43.2 Å². The number of carboxylic acid groups (broad SMARTS) is 1. The Labute approximate surface area is 198 Å². The fourth-order valence-corrected chi connectivity index (χ4v) is 4.85. The molecule has 0 saturated carbocycles. The molecule has 0 aromatic heterocycles. The highest BCUT2D eigenvalue weighted by atomic mass is 16.5. The quantitative estimate of drug-likeness (QED) is 0.550. The van der Waals surface area contributed by atoms with Crippen molar-refractivity contribution in [3.63, 3.8) is 0 Å². The summed E-state index contributed by atoms with van der Waals surface area (Å²) < 4.78 is 10.9. The van der Waals surface area contributed by atoms with E-state index in [1.165, 1.54) is 0 Å². The van der Waals surface area contributed by atoms with E-state index < -0.39 is 18.1 Å². The maximum absolute atomic E-state index is 12.5. The van der Waals surface area contributed by atoms with Gasteiger partial charge in [-0.1, -0.05) is 48.5 Å². The molecule has 8 nitrogen and oxygen atoms in total. The summed E-state index contributed by atoms with van der Waals surface area (Å²) in [4.78, 5) is 36.0. The lowest BCUT2D eigenvalue weighted by Gasteiger charge is -2.31. The summed E-state index contributed by atoms with van der Waals surface area (Å²) >= 11 is 0. The van der Waals surface area contributed by atoms with Gasteiger partial charge in [-0.15, -0.1) is 0 Å². The third-order valence-corrected chi connectivity index (χ3v) is 6.46. The lowest BCUT2D eigenvalue weighted by atomic mass is 9.92. The average Bonchev–Trinajstić information content (AvgIpc) is 3.12. The van der Waals surface area contributed by atoms with Crippen molar-refractivity contribution in [1.82, 2.24) is 10.6 Å². The smallest absolute Gasteiger partial charge is 0.407 e. The number of hydrogen-bond acceptors (Lipinski definition) is 5. The van der Waals surface area contributed by atoms with Gasteiger partial charge in [-0.05, 0) is 35.6 Å². The van der Waals surface area contributed by atoms with E-state index in [9.17, 15) is 14.4 Å². The molecule has 3 atom stereocenters. The first-order chi connectivity index (χ1) is 16.4. The van der Waals surface area contributed by atoms with E-state index in [1.54, 1.807) is 6.92 Å². The number of ether oxygens (including phenoxy) is 2. The predicted molar refractivity (Wildman–Crippen MR) is 125 cm³/mol. The van der Waals surface area contributed by atoms with Crippen molar-refractivity contribution in [2.75, 3.05) is 19.8 Å². The monoisotopic (exact) mass is 466 g/mol. The predicted octanol–water partition coefficient (Wildman–Crippen LogP) is 3.30. The molecular weight excluding hydrogens is 436 g/mol. The first-order valence-electron chi connectivity index (χ1n) is 11.6. The van der Waals surface area contributed by atoms with E-state index in [4.69, 9.17) is 14.6 Å². The third-order valence-electron chi connectivity index (χ3n) is 6.46. The van der Waals surface area contributed by atoms with Crippen LogP contribution < -0.4 is 10.6 Å². The van der Waals surface area contributed by atoms with Gasteiger partial charge in [-0.2, -0.15) is 0 Å². The number of amides is 2. The standard InChI is InChI=1S/C26H30N2O6/c1-16(12-24(29)28-23-10-11-33-14-17(23)13-25(30)31)27-26(32)34-15-22-20-8-4-2-6-18(20)19-7-3-5-9-21(19)22/h2-9,16-17,22-23H,10-15H2,1H3,(H,27,32)(H,28,29)(H,30,31). The zero-order chi connectivity index (χ0) is 24.1. The minimum absolute atomic E-state index is 0.0311. The summed E-state index contributed by atoms with van der Waals surface area (Å²) in [6.07, 6.45) is 0.00883. The van der Waals surface area contributed by atoms with Crippen LogP contribution in [0.25, 0.3) is 11.1 Å². The third kappa shape index (κ3) is 5.56. The number of alkyl carbamates (subject to hydrolysis) is 1. The van der Waals surface area contributed by atoms with Gasteiger partial charge >= 0.3 is 12.1 Å². The van der Waals surface area contributed by atoms with Crippen LogP contribution in [-0.4, -0.2) is 55.0 Å². The van der Waals surface area contributed by atoms with E-state index in [2.05, 4.69) is 34.9 Å². The van der Waals surface area contributed by atoms with Crippen molar-refractivity contribution in [2.24, 2.45) is 5.92 Å². The second-order valence-electron chi connectivity index (χ2n) is 8.97. The van der Waals surface area contributed by atoms with Crippen molar-refractivity contribution in [3.8, 4) is 11.1 Å². The Kier molecular flexibility index (Phi) is 7.47. The molecule has 3 N–H and O–H groups in total. The molecule has 1 heterocycles. The number of carbonyl (C=O) groups excluding carboxylic acids is 2. The second-order valence-corrected chi connectivity index (χ2v) is 8.97. The number of carboxylic acids is 1. The van der Waals surface area contributed by atoms with E-state index >= 15 is 0 Å². The fourth-order valence-electron chi connectivity index (χ4n) is 4.85. The molecule has 0 radical (unpaired) electrons. The molecule has 1 aliphatic carbocycles. The van der Waals surface area contributed by atoms with Crippen molar-refractivity contribution < 1.29 is 29.0 Å². The van der Waals surface area contributed by atoms with Crippen LogP contribution in [0.4, 0.5) is 4.79 Å². The number of carbonyl (C=O) groups is 3. The molecule has 3 unspecified atom stereocenters. The maximum atomic E-state index is 12.5. The highest BCUT2D eigenvalue weighted by Gasteiger charge is 2.30. The zero-order valence-electron chi connectivity index (χ0n) is 19.2. The molecule has 0 spiro atoms. The van der Waals surface area contributed by atoms with Crippen LogP contribution in [0.1, 0.15) is 43.2 Å². The van der Waals surface area contributed by atoms with Gasteiger partial charge in [0.2, 0.25) is 5.91 Å². The van der Waals surface area contributed by atoms with Crippen LogP contribution in [0.2, 0.25) is 0 Å². The molecule has 180 valence electrons. The topological polar surface area (TPSA) is 114 Å². The molecule has 2 aromatic rings. The number of nitrogens with one attached hydrogen (secondary N) is 2. The van der Waals surface area contributed by atoms with Crippen LogP contribution in [0.5, 0.6) is 0 Å². The first-order valence-corrected chi connectivity index (χ1v) is 11.6. The van der Waals surface area contributed by atoms with Crippen LogP contribution in [-0.2, 0) is 19.1 Å². The van der Waals surface area contributed by atoms with Crippen LogP contribution in [0.3, 0.4) is 0 Å². The Morgan fingerprint density at radius 1 is 1.09 bits per heavy atom. The molecule has 1 aliphatic heterocycles. The molecule has 0 bridgehead atoms. The summed E-state index contributed by atoms with van der Waals surface area (Å²) in [7, 11) is 0. The second kappa shape index (κ2) is 10.7. The van der Waals surface area contributed by atoms with Gasteiger partial charge < -0.3 is 25.2 Å². The Morgan fingerprint density at radius 2 is 1.74 bits per heavy atom. The van der Waals surface area contributed by atoms with Gasteiger partial charge in [0.25, 0.3) is 0 Å². The fraction of sp³-hybridized carbons (Fsp3) is 0.423. The number of benzene rings is 2. The van der Waals surface area contributed by atoms with Crippen LogP contribution >= 0.6 is 0 Å². The van der Waals surface area contributed by atoms with Gasteiger partial charge in [-0.25, -0.2) is 4.79 Å². The molecule has 1 saturated heterocycles. The largest absolute Gasteiger partial charge is 0.481 e. The Hall–Kier alpha value is -3.39. The van der Waals surface area contributed by atoms with Crippen molar-refractivity contribution in [1.29, 1.82) is 0 Å². The Balaban J connectivity index is 1.27. The van der Waals surface area contributed by atoms with Gasteiger partial charge in [0, 0.05) is 36.9 Å². The lowest BCUT2D eigenvalue weighted by Crippen LogP contribution is -2.47. The SMILES string of the molecule is CC(CC(=O)NC1CCOCC1CC(=O)O)NC(=O)OCC1c2ccccc2-c2ccccc21. The van der Waals surface area contributed by atoms with E-state index in [1.807, 2.05) is 24.3 Å². The normalized spacial score (nSPS) is 20.0. The molecule has 34 heavy (non-hydrogen) atoms. The molecule has 2 aliphatic rings. The zero-order valence-corrected chi connectivity index (χ0v) is 19.2. The summed E-state index contributed by atoms with van der Waals surface area (Å²) in [5.74, 6) is -1.45. The minimum atomic E-state index is -0.917. The van der Waals surface area contributed by atoms with Gasteiger partial charge in [0.05, 0.1) is 13.0 Å². The summed E-state index contributed by atoms with van der Waals surface area (Å²) in [5.41, 5.74) is 4.59. The molecular formula is C26H30N2O6. The van der Waals surface area contributed by atoms with Crippen LogP contribution in [0.15, 0.2) is 48.5 Å². The lowest BCUT2D eigenvalue weighted by molar-refractivity contribution is -0.140. The van der Waals surface area contributed by atoms with Gasteiger partial charge in [0.1, 0.15) is 6.61 Å². The molecule has 1 fully saturated rings. The molecule has 2 aromatic carbocycles. The summed E-state index contributed by atoms with van der Waals surface area (Å²) in [5, 5.41) is 14.7. The minimum Gasteiger partial charge on any atom is -0.481 e. The van der Waals surface area contributed by atoms with Gasteiger partial charge in [0.15, 0.2) is 0 Å². The summed E-state index contributed by atoms with van der Waals surface area (Å²) in [6.45, 7) is 2.73. The summed E-state index contributed by atoms with van der Waals surface area (Å²) in [6, 6.07) is 15.6. The van der Waals surface area contributed by atoms with E-state index in [0.29, 0.717) is 19.6 Å². The van der Waals surface area contributed by atoms with Gasteiger partial charge in [-0.3, -0.25) is 9.59 Å². The maximum Gasteiger partial charge on any atom is 0.407 e. The first kappa shape index (κ1) is 23.8. The van der Waals surface area contributed by atoms with Crippen molar-refractivity contribution in [3.05, 3.63) is 59.7 Å². The molecule has 8 heteroatoms. The number of fused-ring (bicyclic) bond motifs is 3. The Bertz CT molecular complexity index is 1010. The van der Waals surface area contributed by atoms with Crippen molar-refractivity contribution >= 4 is 18.0 Å². The number of hydrogen-bond donors (Lipinski definition) is 3. The number of aliphatic carboxylic acids is 1. The highest BCUT2D eigenvalue weighted by molar-refractivity contribution is 5.80. The highest BCUT2D eigenvalue weighted by Crippen LogP contribution is 2.44. The van der Waals surface area contributed by atoms with E-state index in [0.717, 1.165) is 22.3 Å².